The molecule has 5 heteroatoms. The van der Waals surface area contributed by atoms with E-state index in [2.05, 4.69) is 10.3 Å². The van der Waals surface area contributed by atoms with Gasteiger partial charge in [-0.15, -0.1) is 0 Å². The van der Waals surface area contributed by atoms with Crippen molar-refractivity contribution in [2.24, 2.45) is 0 Å². The first-order chi connectivity index (χ1) is 9.08. The van der Waals surface area contributed by atoms with E-state index < -0.39 is 6.10 Å². The van der Waals surface area contributed by atoms with Crippen LogP contribution in [0.4, 0.5) is 5.69 Å². The maximum Gasteiger partial charge on any atom is 0.255 e. The minimum atomic E-state index is -0.655. The van der Waals surface area contributed by atoms with Gasteiger partial charge in [-0.3, -0.25) is 4.79 Å². The van der Waals surface area contributed by atoms with Gasteiger partial charge in [0.05, 0.1) is 6.10 Å². The van der Waals surface area contributed by atoms with Crippen LogP contribution in [0.25, 0.3) is 0 Å². The summed E-state index contributed by atoms with van der Waals surface area (Å²) in [5.74, 6) is -0.294. The second-order valence-corrected chi connectivity index (χ2v) is 4.47. The summed E-state index contributed by atoms with van der Waals surface area (Å²) in [5.41, 5.74) is 1.66. The number of amides is 1. The Hall–Kier alpha value is -1.91. The zero-order chi connectivity index (χ0) is 13.8. The summed E-state index contributed by atoms with van der Waals surface area (Å²) in [5, 5.41) is 12.7. The minimum absolute atomic E-state index is 0.261. The SMILES string of the molecule is CC(O)c1ccccc1NC(=O)c1ccnc(Cl)c1. The zero-order valence-electron chi connectivity index (χ0n) is 10.3. The Morgan fingerprint density at radius 2 is 2.11 bits per heavy atom. The molecule has 1 unspecified atom stereocenters. The van der Waals surface area contributed by atoms with E-state index >= 15 is 0 Å². The van der Waals surface area contributed by atoms with Crippen molar-refractivity contribution in [3.05, 3.63) is 58.9 Å². The highest BCUT2D eigenvalue weighted by Crippen LogP contribution is 2.22. The monoisotopic (exact) mass is 276 g/mol. The second kappa shape index (κ2) is 5.82. The normalized spacial score (nSPS) is 11.9. The molecular formula is C14H13ClN2O2. The fourth-order valence-corrected chi connectivity index (χ4v) is 1.89. The molecule has 1 amide bonds. The van der Waals surface area contributed by atoms with Gasteiger partial charge in [0.1, 0.15) is 5.15 Å². The lowest BCUT2D eigenvalue weighted by molar-refractivity contribution is 0.102. The van der Waals surface area contributed by atoms with Crippen molar-refractivity contribution in [3.63, 3.8) is 0 Å². The summed E-state index contributed by atoms with van der Waals surface area (Å²) in [6, 6.07) is 10.2. The minimum Gasteiger partial charge on any atom is -0.389 e. The van der Waals surface area contributed by atoms with Crippen molar-refractivity contribution in [2.75, 3.05) is 5.32 Å². The van der Waals surface area contributed by atoms with Crippen molar-refractivity contribution < 1.29 is 9.90 Å². The molecule has 0 aliphatic heterocycles. The van der Waals surface area contributed by atoms with E-state index in [-0.39, 0.29) is 11.1 Å². The molecule has 0 saturated heterocycles. The first-order valence-corrected chi connectivity index (χ1v) is 6.15. The Morgan fingerprint density at radius 1 is 1.37 bits per heavy atom. The maximum atomic E-state index is 12.1. The number of pyridine rings is 1. The lowest BCUT2D eigenvalue weighted by Gasteiger charge is -2.12. The third-order valence-corrected chi connectivity index (χ3v) is 2.85. The van der Waals surface area contributed by atoms with E-state index in [4.69, 9.17) is 11.6 Å². The quantitative estimate of drug-likeness (QED) is 0.847. The van der Waals surface area contributed by atoms with Gasteiger partial charge in [-0.1, -0.05) is 29.8 Å². The topological polar surface area (TPSA) is 62.2 Å². The van der Waals surface area contributed by atoms with E-state index in [1.165, 1.54) is 12.3 Å². The maximum absolute atomic E-state index is 12.1. The molecule has 1 atom stereocenters. The highest BCUT2D eigenvalue weighted by Gasteiger charge is 2.11. The first kappa shape index (κ1) is 13.5. The molecule has 2 rings (SSSR count). The highest BCUT2D eigenvalue weighted by molar-refractivity contribution is 6.29. The molecule has 1 aromatic heterocycles. The van der Waals surface area contributed by atoms with Crippen LogP contribution >= 0.6 is 11.6 Å². The molecule has 0 bridgehead atoms. The van der Waals surface area contributed by atoms with E-state index in [1.807, 2.05) is 0 Å². The number of hydrogen-bond acceptors (Lipinski definition) is 3. The first-order valence-electron chi connectivity index (χ1n) is 5.78. The van der Waals surface area contributed by atoms with Gasteiger partial charge in [0.15, 0.2) is 0 Å². The molecular weight excluding hydrogens is 264 g/mol. The van der Waals surface area contributed by atoms with Crippen LogP contribution in [-0.2, 0) is 0 Å². The Morgan fingerprint density at radius 3 is 2.79 bits per heavy atom. The van der Waals surface area contributed by atoms with Gasteiger partial charge in [0.25, 0.3) is 5.91 Å². The van der Waals surface area contributed by atoms with Crippen molar-refractivity contribution in [1.82, 2.24) is 4.98 Å². The van der Waals surface area contributed by atoms with Crippen LogP contribution < -0.4 is 5.32 Å². The number of aromatic nitrogens is 1. The molecule has 0 radical (unpaired) electrons. The van der Waals surface area contributed by atoms with E-state index in [9.17, 15) is 9.90 Å². The van der Waals surface area contributed by atoms with Gasteiger partial charge in [0, 0.05) is 23.0 Å². The lowest BCUT2D eigenvalue weighted by Crippen LogP contribution is -2.14. The third kappa shape index (κ3) is 3.30. The standard InChI is InChI=1S/C14H13ClN2O2/c1-9(18)11-4-2-3-5-12(11)17-14(19)10-6-7-16-13(15)8-10/h2-9,18H,1H3,(H,17,19). The lowest BCUT2D eigenvalue weighted by atomic mass is 10.1. The van der Waals surface area contributed by atoms with Crippen LogP contribution in [0, 0.1) is 0 Å². The van der Waals surface area contributed by atoms with Gasteiger partial charge < -0.3 is 10.4 Å². The van der Waals surface area contributed by atoms with Gasteiger partial charge in [-0.2, -0.15) is 0 Å². The number of aliphatic hydroxyl groups excluding tert-OH is 1. The van der Waals surface area contributed by atoms with Gasteiger partial charge in [-0.25, -0.2) is 4.98 Å². The number of carbonyl (C=O) groups excluding carboxylic acids is 1. The Bertz CT molecular complexity index is 600. The predicted octanol–water partition coefficient (Wildman–Crippen LogP) is 3.04. The number of carbonyl (C=O) groups is 1. The number of benzene rings is 1. The highest BCUT2D eigenvalue weighted by atomic mass is 35.5. The molecule has 2 aromatic rings. The van der Waals surface area contributed by atoms with Crippen molar-refractivity contribution in [1.29, 1.82) is 0 Å². The fraction of sp³-hybridized carbons (Fsp3) is 0.143. The molecule has 0 fully saturated rings. The third-order valence-electron chi connectivity index (χ3n) is 2.65. The molecule has 0 saturated carbocycles. The van der Waals surface area contributed by atoms with Crippen LogP contribution in [0.1, 0.15) is 28.9 Å². The van der Waals surface area contributed by atoms with Crippen LogP contribution in [0.5, 0.6) is 0 Å². The number of rotatable bonds is 3. The Labute approximate surface area is 116 Å². The molecule has 0 aliphatic rings. The average molecular weight is 277 g/mol. The van der Waals surface area contributed by atoms with Gasteiger partial charge >= 0.3 is 0 Å². The number of aliphatic hydroxyl groups is 1. The molecule has 1 heterocycles. The molecule has 0 aliphatic carbocycles. The van der Waals surface area contributed by atoms with Gasteiger partial charge in [-0.05, 0) is 25.1 Å². The largest absolute Gasteiger partial charge is 0.389 e. The second-order valence-electron chi connectivity index (χ2n) is 4.08. The smallest absolute Gasteiger partial charge is 0.255 e. The van der Waals surface area contributed by atoms with Crippen molar-refractivity contribution in [3.8, 4) is 0 Å². The summed E-state index contributed by atoms with van der Waals surface area (Å²) in [4.78, 5) is 15.9. The molecule has 1 aromatic carbocycles. The van der Waals surface area contributed by atoms with Crippen LogP contribution in [0.15, 0.2) is 42.6 Å². The van der Waals surface area contributed by atoms with Crippen molar-refractivity contribution in [2.45, 2.75) is 13.0 Å². The Balaban J connectivity index is 2.24. The number of halogens is 1. The summed E-state index contributed by atoms with van der Waals surface area (Å²) in [6.45, 7) is 1.65. The van der Waals surface area contributed by atoms with E-state index in [0.717, 1.165) is 0 Å². The number of hydrogen-bond donors (Lipinski definition) is 2. The number of nitrogens with one attached hydrogen (secondary N) is 1. The van der Waals surface area contributed by atoms with E-state index in [1.54, 1.807) is 37.3 Å². The summed E-state index contributed by atoms with van der Waals surface area (Å²) >= 11 is 5.74. The predicted molar refractivity (Wildman–Crippen MR) is 74.3 cm³/mol. The molecule has 2 N–H and O–H groups in total. The van der Waals surface area contributed by atoms with Crippen LogP contribution in [-0.4, -0.2) is 16.0 Å². The number of para-hydroxylation sites is 1. The fourth-order valence-electron chi connectivity index (χ4n) is 1.71. The molecule has 4 nitrogen and oxygen atoms in total. The van der Waals surface area contributed by atoms with Crippen molar-refractivity contribution >= 4 is 23.2 Å². The zero-order valence-corrected chi connectivity index (χ0v) is 11.1. The average Bonchev–Trinajstić information content (AvgIpc) is 2.39. The summed E-state index contributed by atoms with van der Waals surface area (Å²) < 4.78 is 0. The summed E-state index contributed by atoms with van der Waals surface area (Å²) in [6.07, 6.45) is 0.815. The van der Waals surface area contributed by atoms with Crippen LogP contribution in [0.2, 0.25) is 5.15 Å². The molecule has 0 spiro atoms. The van der Waals surface area contributed by atoms with Gasteiger partial charge in [0.2, 0.25) is 0 Å². The Kier molecular flexibility index (Phi) is 4.14. The number of anilines is 1. The number of nitrogens with zero attached hydrogens (tertiary/aromatic N) is 1. The van der Waals surface area contributed by atoms with Crippen LogP contribution in [0.3, 0.4) is 0 Å². The molecule has 98 valence electrons. The van der Waals surface area contributed by atoms with E-state index in [0.29, 0.717) is 16.8 Å². The molecule has 19 heavy (non-hydrogen) atoms. The summed E-state index contributed by atoms with van der Waals surface area (Å²) in [7, 11) is 0.